The summed E-state index contributed by atoms with van der Waals surface area (Å²) in [6.45, 7) is 3.45. The number of hydrogen-bond donors (Lipinski definition) is 1. The van der Waals surface area contributed by atoms with Gasteiger partial charge in [-0.05, 0) is 61.9 Å². The molecule has 0 aliphatic carbocycles. The van der Waals surface area contributed by atoms with Gasteiger partial charge in [-0.15, -0.1) is 0 Å². The Kier molecular flexibility index (Phi) is 5.82. The fraction of sp³-hybridized carbons (Fsp3) is 0.370. The summed E-state index contributed by atoms with van der Waals surface area (Å²) in [6.07, 6.45) is 8.10. The number of aliphatic hydroxyl groups is 1. The molecule has 0 radical (unpaired) electrons. The van der Waals surface area contributed by atoms with Crippen molar-refractivity contribution in [2.75, 3.05) is 36.0 Å². The summed E-state index contributed by atoms with van der Waals surface area (Å²) in [4.78, 5) is 18.3. The molecule has 0 saturated carbocycles. The van der Waals surface area contributed by atoms with Crippen LogP contribution in [0.2, 0.25) is 0 Å². The van der Waals surface area contributed by atoms with E-state index in [0.717, 1.165) is 46.8 Å². The Morgan fingerprint density at radius 1 is 0.829 bits per heavy atom. The van der Waals surface area contributed by atoms with Gasteiger partial charge in [0.2, 0.25) is 5.71 Å². The number of benzene rings is 1. The van der Waals surface area contributed by atoms with Crippen LogP contribution in [-0.2, 0) is 0 Å². The average Bonchev–Trinajstić information content (AvgIpc) is 3.30. The number of piperidine rings is 2. The van der Waals surface area contributed by atoms with Crippen molar-refractivity contribution < 1.29 is 13.9 Å². The number of fused-ring (bicyclic) bond motifs is 1. The van der Waals surface area contributed by atoms with E-state index in [1.165, 1.54) is 37.7 Å². The molecule has 2 aliphatic rings. The van der Waals surface area contributed by atoms with E-state index in [1.807, 2.05) is 18.3 Å². The first-order valence-corrected chi connectivity index (χ1v) is 12.4. The molecule has 6 rings (SSSR count). The molecule has 2 aliphatic heterocycles. The number of aliphatic hydroxyl groups excluding tert-OH is 1. The highest BCUT2D eigenvalue weighted by Crippen LogP contribution is 2.43. The van der Waals surface area contributed by atoms with Crippen molar-refractivity contribution >= 4 is 22.7 Å². The van der Waals surface area contributed by atoms with Gasteiger partial charge in [0.05, 0.1) is 11.5 Å². The lowest BCUT2D eigenvalue weighted by atomic mass is 9.99. The molecular formula is C27H28FN5O2. The number of pyridine rings is 1. The summed E-state index contributed by atoms with van der Waals surface area (Å²) in [5.74, 6) is 2.09. The second-order valence-corrected chi connectivity index (χ2v) is 9.36. The normalized spacial score (nSPS) is 17.3. The van der Waals surface area contributed by atoms with Crippen LogP contribution in [0.25, 0.3) is 33.6 Å². The van der Waals surface area contributed by atoms with Gasteiger partial charge < -0.3 is 19.3 Å². The zero-order chi connectivity index (χ0) is 23.8. The molecule has 3 aromatic heterocycles. The number of aromatic nitrogens is 3. The fourth-order valence-corrected chi connectivity index (χ4v) is 5.16. The van der Waals surface area contributed by atoms with E-state index in [-0.39, 0.29) is 11.9 Å². The molecule has 5 heterocycles. The molecule has 0 bridgehead atoms. The number of halogens is 1. The van der Waals surface area contributed by atoms with Crippen LogP contribution >= 0.6 is 0 Å². The molecule has 4 aromatic rings. The molecule has 180 valence electrons. The minimum absolute atomic E-state index is 0.287. The Morgan fingerprint density at radius 3 is 2.29 bits per heavy atom. The van der Waals surface area contributed by atoms with Crippen molar-refractivity contribution in [1.82, 2.24) is 15.0 Å². The topological polar surface area (TPSA) is 78.5 Å². The van der Waals surface area contributed by atoms with Crippen LogP contribution in [0.5, 0.6) is 0 Å². The van der Waals surface area contributed by atoms with Gasteiger partial charge in [0.25, 0.3) is 0 Å². The molecule has 0 amide bonds. The highest BCUT2D eigenvalue weighted by atomic mass is 19.1. The third-order valence-corrected chi connectivity index (χ3v) is 7.06. The van der Waals surface area contributed by atoms with Gasteiger partial charge in [-0.3, -0.25) is 0 Å². The molecule has 2 saturated heterocycles. The minimum atomic E-state index is -0.294. The molecule has 7 nitrogen and oxygen atoms in total. The fourth-order valence-electron chi connectivity index (χ4n) is 5.16. The Hall–Kier alpha value is -3.52. The molecular weight excluding hydrogens is 445 g/mol. The maximum Gasteiger partial charge on any atom is 0.232 e. The molecule has 0 atom stereocenters. The van der Waals surface area contributed by atoms with Gasteiger partial charge >= 0.3 is 0 Å². The van der Waals surface area contributed by atoms with Gasteiger partial charge in [0.1, 0.15) is 29.5 Å². The maximum atomic E-state index is 13.8. The molecule has 8 heteroatoms. The largest absolute Gasteiger partial charge is 0.437 e. The predicted octanol–water partition coefficient (Wildman–Crippen LogP) is 5.04. The van der Waals surface area contributed by atoms with Crippen molar-refractivity contribution in [3.8, 4) is 22.5 Å². The third-order valence-electron chi connectivity index (χ3n) is 7.06. The van der Waals surface area contributed by atoms with E-state index in [1.54, 1.807) is 12.1 Å². The molecule has 1 aromatic carbocycles. The number of rotatable bonds is 4. The minimum Gasteiger partial charge on any atom is -0.437 e. The van der Waals surface area contributed by atoms with E-state index in [4.69, 9.17) is 9.40 Å². The van der Waals surface area contributed by atoms with Crippen molar-refractivity contribution in [3.63, 3.8) is 0 Å². The van der Waals surface area contributed by atoms with E-state index < -0.39 is 0 Å². The second-order valence-electron chi connectivity index (χ2n) is 9.36. The third kappa shape index (κ3) is 4.23. The zero-order valence-electron chi connectivity index (χ0n) is 19.5. The SMILES string of the molecule is OC1CCN(c2ncnc3oc(-c4ccc(N5CCCCC5)nc4)c(-c4ccc(F)cc4)c23)CC1. The highest BCUT2D eigenvalue weighted by molar-refractivity contribution is 6.06. The smallest absolute Gasteiger partial charge is 0.232 e. The van der Waals surface area contributed by atoms with E-state index in [0.29, 0.717) is 37.4 Å². The predicted molar refractivity (Wildman–Crippen MR) is 134 cm³/mol. The van der Waals surface area contributed by atoms with Crippen LogP contribution in [0.15, 0.2) is 53.3 Å². The first-order valence-electron chi connectivity index (χ1n) is 12.4. The average molecular weight is 474 g/mol. The lowest BCUT2D eigenvalue weighted by Crippen LogP contribution is -2.36. The quantitative estimate of drug-likeness (QED) is 0.445. The first-order chi connectivity index (χ1) is 17.2. The van der Waals surface area contributed by atoms with Crippen molar-refractivity contribution in [2.45, 2.75) is 38.2 Å². The van der Waals surface area contributed by atoms with Gasteiger partial charge in [0, 0.05) is 43.5 Å². The van der Waals surface area contributed by atoms with Gasteiger partial charge in [-0.2, -0.15) is 0 Å². The molecule has 0 spiro atoms. The summed E-state index contributed by atoms with van der Waals surface area (Å²) in [5, 5.41) is 10.8. The van der Waals surface area contributed by atoms with Crippen LogP contribution in [0, 0.1) is 5.82 Å². The summed E-state index contributed by atoms with van der Waals surface area (Å²) in [6, 6.07) is 10.5. The van der Waals surface area contributed by atoms with Crippen LogP contribution < -0.4 is 9.80 Å². The lowest BCUT2D eigenvalue weighted by molar-refractivity contribution is 0.145. The molecule has 1 N–H and O–H groups in total. The Labute approximate surface area is 203 Å². The highest BCUT2D eigenvalue weighted by Gasteiger charge is 2.27. The van der Waals surface area contributed by atoms with Gasteiger partial charge in [-0.25, -0.2) is 19.3 Å². The van der Waals surface area contributed by atoms with Crippen LogP contribution in [0.1, 0.15) is 32.1 Å². The van der Waals surface area contributed by atoms with E-state index in [9.17, 15) is 9.50 Å². The molecule has 2 fully saturated rings. The standard InChI is InChI=1S/C27H28FN5O2/c28-20-7-4-18(5-8-20)23-24-26(33-14-10-21(34)11-15-33)30-17-31-27(24)35-25(23)19-6-9-22(29-16-19)32-12-2-1-3-13-32/h4-9,16-17,21,34H,1-3,10-15H2. The summed E-state index contributed by atoms with van der Waals surface area (Å²) in [5.41, 5.74) is 2.97. The van der Waals surface area contributed by atoms with Crippen molar-refractivity contribution in [1.29, 1.82) is 0 Å². The van der Waals surface area contributed by atoms with Crippen molar-refractivity contribution in [2.24, 2.45) is 0 Å². The summed E-state index contributed by atoms with van der Waals surface area (Å²) in [7, 11) is 0. The Morgan fingerprint density at radius 2 is 1.57 bits per heavy atom. The Balaban J connectivity index is 1.48. The van der Waals surface area contributed by atoms with Gasteiger partial charge in [-0.1, -0.05) is 12.1 Å². The number of nitrogens with zero attached hydrogens (tertiary/aromatic N) is 5. The monoisotopic (exact) mass is 473 g/mol. The molecule has 35 heavy (non-hydrogen) atoms. The number of hydrogen-bond acceptors (Lipinski definition) is 7. The summed E-state index contributed by atoms with van der Waals surface area (Å²) >= 11 is 0. The maximum absolute atomic E-state index is 13.8. The molecule has 0 unspecified atom stereocenters. The van der Waals surface area contributed by atoms with Crippen LogP contribution in [-0.4, -0.2) is 52.3 Å². The van der Waals surface area contributed by atoms with Crippen molar-refractivity contribution in [3.05, 3.63) is 54.7 Å². The second kappa shape index (κ2) is 9.26. The van der Waals surface area contributed by atoms with Crippen LogP contribution in [0.3, 0.4) is 0 Å². The number of anilines is 2. The zero-order valence-corrected chi connectivity index (χ0v) is 19.5. The van der Waals surface area contributed by atoms with Crippen LogP contribution in [0.4, 0.5) is 16.0 Å². The number of furan rings is 1. The van der Waals surface area contributed by atoms with Gasteiger partial charge in [0.15, 0.2) is 0 Å². The van der Waals surface area contributed by atoms with E-state index in [2.05, 4.69) is 19.8 Å². The van der Waals surface area contributed by atoms with E-state index >= 15 is 0 Å². The summed E-state index contributed by atoms with van der Waals surface area (Å²) < 4.78 is 20.1. The lowest BCUT2D eigenvalue weighted by Gasteiger charge is -2.30. The Bertz CT molecular complexity index is 1310. The first kappa shape index (κ1) is 22.0.